The summed E-state index contributed by atoms with van der Waals surface area (Å²) in [6.07, 6.45) is 4.67. The second kappa shape index (κ2) is 8.09. The number of amides is 1. The molecule has 0 saturated carbocycles. The van der Waals surface area contributed by atoms with Crippen LogP contribution in [0.3, 0.4) is 0 Å². The number of aromatic nitrogens is 4. The average molecular weight is 385 g/mol. The topological polar surface area (TPSA) is 107 Å². The third-order valence-electron chi connectivity index (χ3n) is 3.97. The lowest BCUT2D eigenvalue weighted by Crippen LogP contribution is -2.26. The minimum atomic E-state index is -3.47. The van der Waals surface area contributed by atoms with Gasteiger partial charge < -0.3 is 5.32 Å². The van der Waals surface area contributed by atoms with Crippen LogP contribution in [-0.4, -0.2) is 39.8 Å². The van der Waals surface area contributed by atoms with Crippen molar-refractivity contribution in [2.75, 3.05) is 5.75 Å². The lowest BCUT2D eigenvalue weighted by molar-refractivity contribution is -0.120. The third-order valence-corrected chi connectivity index (χ3v) is 5.70. The molecule has 0 aliphatic rings. The molecule has 0 radical (unpaired) electrons. The summed E-state index contributed by atoms with van der Waals surface area (Å²) < 4.78 is 26.1. The molecule has 0 aliphatic carbocycles. The lowest BCUT2D eigenvalue weighted by Gasteiger charge is -2.06. The number of nitrogens with one attached hydrogen (secondary N) is 1. The third kappa shape index (κ3) is 4.76. The zero-order valence-electron chi connectivity index (χ0n) is 14.7. The van der Waals surface area contributed by atoms with E-state index in [1.807, 2.05) is 6.07 Å². The van der Waals surface area contributed by atoms with Crippen molar-refractivity contribution in [3.05, 3.63) is 60.7 Å². The molecule has 2 heterocycles. The first-order valence-electron chi connectivity index (χ1n) is 8.29. The van der Waals surface area contributed by atoms with E-state index in [1.54, 1.807) is 48.5 Å². The Bertz CT molecular complexity index is 1020. The summed E-state index contributed by atoms with van der Waals surface area (Å²) in [7, 11) is -1.71. The molecule has 140 valence electrons. The van der Waals surface area contributed by atoms with E-state index in [-0.39, 0.29) is 29.5 Å². The standard InChI is InChI=1S/C18H19N5O3S/c1-23-14(11-16(22-23)17-13-19-8-9-20-17)12-21-18(24)7-10-27(25,26)15-5-3-2-4-6-15/h2-6,8-9,11,13H,7,10,12H2,1H3,(H,21,24). The molecule has 8 nitrogen and oxygen atoms in total. The van der Waals surface area contributed by atoms with E-state index in [0.29, 0.717) is 11.4 Å². The first kappa shape index (κ1) is 18.7. The maximum Gasteiger partial charge on any atom is 0.221 e. The second-order valence-electron chi connectivity index (χ2n) is 5.89. The molecule has 1 N–H and O–H groups in total. The molecule has 0 saturated heterocycles. The van der Waals surface area contributed by atoms with E-state index >= 15 is 0 Å². The molecule has 0 fully saturated rings. The minimum absolute atomic E-state index is 0.105. The van der Waals surface area contributed by atoms with Crippen molar-refractivity contribution in [3.8, 4) is 11.4 Å². The van der Waals surface area contributed by atoms with Crippen LogP contribution in [-0.2, 0) is 28.2 Å². The van der Waals surface area contributed by atoms with Gasteiger partial charge in [0, 0.05) is 25.9 Å². The van der Waals surface area contributed by atoms with Gasteiger partial charge in [0.2, 0.25) is 5.91 Å². The Hall–Kier alpha value is -3.07. The summed E-state index contributed by atoms with van der Waals surface area (Å²) in [5.41, 5.74) is 2.07. The average Bonchev–Trinajstić information content (AvgIpc) is 3.07. The fraction of sp³-hybridized carbons (Fsp3) is 0.222. The molecule has 1 aromatic carbocycles. The number of nitrogens with zero attached hydrogens (tertiary/aromatic N) is 4. The Morgan fingerprint density at radius 2 is 1.93 bits per heavy atom. The van der Waals surface area contributed by atoms with Crippen molar-refractivity contribution in [2.45, 2.75) is 17.9 Å². The number of benzene rings is 1. The molecular formula is C18H19N5O3S. The smallest absolute Gasteiger partial charge is 0.221 e. The van der Waals surface area contributed by atoms with Crippen LogP contribution >= 0.6 is 0 Å². The summed E-state index contributed by atoms with van der Waals surface area (Å²) in [5.74, 6) is -0.573. The van der Waals surface area contributed by atoms with Crippen molar-refractivity contribution < 1.29 is 13.2 Å². The predicted octanol–water partition coefficient (Wildman–Crippen LogP) is 1.36. The summed E-state index contributed by atoms with van der Waals surface area (Å²) in [6.45, 7) is 0.244. The van der Waals surface area contributed by atoms with E-state index in [0.717, 1.165) is 5.69 Å². The number of hydrogen-bond donors (Lipinski definition) is 1. The van der Waals surface area contributed by atoms with Gasteiger partial charge >= 0.3 is 0 Å². The molecule has 0 bridgehead atoms. The van der Waals surface area contributed by atoms with Gasteiger partial charge in [-0.15, -0.1) is 0 Å². The van der Waals surface area contributed by atoms with Gasteiger partial charge in [0.1, 0.15) is 11.4 Å². The van der Waals surface area contributed by atoms with Crippen molar-refractivity contribution in [1.29, 1.82) is 0 Å². The van der Waals surface area contributed by atoms with Crippen molar-refractivity contribution in [3.63, 3.8) is 0 Å². The van der Waals surface area contributed by atoms with Crippen LogP contribution in [0.2, 0.25) is 0 Å². The number of aryl methyl sites for hydroxylation is 1. The molecule has 0 spiro atoms. The number of sulfone groups is 1. The molecule has 0 unspecified atom stereocenters. The molecule has 3 aromatic rings. The number of carbonyl (C=O) groups excluding carboxylic acids is 1. The largest absolute Gasteiger partial charge is 0.350 e. The highest BCUT2D eigenvalue weighted by Gasteiger charge is 2.16. The normalized spacial score (nSPS) is 11.3. The predicted molar refractivity (Wildman–Crippen MR) is 99.2 cm³/mol. The number of rotatable bonds is 7. The summed E-state index contributed by atoms with van der Waals surface area (Å²) >= 11 is 0. The molecular weight excluding hydrogens is 366 g/mol. The van der Waals surface area contributed by atoms with Crippen molar-refractivity contribution in [2.24, 2.45) is 7.05 Å². The lowest BCUT2D eigenvalue weighted by atomic mass is 10.3. The summed E-state index contributed by atoms with van der Waals surface area (Å²) in [4.78, 5) is 20.5. The fourth-order valence-corrected chi connectivity index (χ4v) is 3.74. The highest BCUT2D eigenvalue weighted by Crippen LogP contribution is 2.15. The van der Waals surface area contributed by atoms with E-state index in [1.165, 1.54) is 12.1 Å². The minimum Gasteiger partial charge on any atom is -0.350 e. The molecule has 2 aromatic heterocycles. The van der Waals surface area contributed by atoms with Crippen LogP contribution in [0.4, 0.5) is 0 Å². The monoisotopic (exact) mass is 385 g/mol. The van der Waals surface area contributed by atoms with E-state index in [4.69, 9.17) is 0 Å². The summed E-state index contributed by atoms with van der Waals surface area (Å²) in [6, 6.07) is 9.92. The van der Waals surface area contributed by atoms with Crippen LogP contribution in [0.1, 0.15) is 12.1 Å². The first-order chi connectivity index (χ1) is 13.0. The van der Waals surface area contributed by atoms with Gasteiger partial charge in [-0.3, -0.25) is 19.4 Å². The van der Waals surface area contributed by atoms with Gasteiger partial charge in [0.25, 0.3) is 0 Å². The first-order valence-corrected chi connectivity index (χ1v) is 9.95. The highest BCUT2D eigenvalue weighted by atomic mass is 32.2. The zero-order chi connectivity index (χ0) is 19.3. The summed E-state index contributed by atoms with van der Waals surface area (Å²) in [5, 5.41) is 7.08. The van der Waals surface area contributed by atoms with Gasteiger partial charge in [-0.1, -0.05) is 18.2 Å². The van der Waals surface area contributed by atoms with Crippen LogP contribution in [0.15, 0.2) is 59.9 Å². The van der Waals surface area contributed by atoms with Gasteiger partial charge in [0.05, 0.1) is 29.1 Å². The van der Waals surface area contributed by atoms with Crippen molar-refractivity contribution >= 4 is 15.7 Å². The SMILES string of the molecule is Cn1nc(-c2cnccn2)cc1CNC(=O)CCS(=O)(=O)c1ccccc1. The van der Waals surface area contributed by atoms with E-state index in [2.05, 4.69) is 20.4 Å². The van der Waals surface area contributed by atoms with Crippen LogP contribution in [0.5, 0.6) is 0 Å². The van der Waals surface area contributed by atoms with Crippen LogP contribution in [0.25, 0.3) is 11.4 Å². The van der Waals surface area contributed by atoms with E-state index < -0.39 is 9.84 Å². The van der Waals surface area contributed by atoms with Crippen LogP contribution in [0, 0.1) is 0 Å². The van der Waals surface area contributed by atoms with Gasteiger partial charge in [0.15, 0.2) is 9.84 Å². The quantitative estimate of drug-likeness (QED) is 0.658. The molecule has 0 aliphatic heterocycles. The molecule has 1 amide bonds. The van der Waals surface area contributed by atoms with Crippen LogP contribution < -0.4 is 5.32 Å². The molecule has 27 heavy (non-hydrogen) atoms. The van der Waals surface area contributed by atoms with Crippen molar-refractivity contribution in [1.82, 2.24) is 25.1 Å². The maximum absolute atomic E-state index is 12.2. The maximum atomic E-state index is 12.2. The van der Waals surface area contributed by atoms with Gasteiger partial charge in [-0.05, 0) is 18.2 Å². The number of hydrogen-bond acceptors (Lipinski definition) is 6. The second-order valence-corrected chi connectivity index (χ2v) is 8.00. The molecule has 0 atom stereocenters. The molecule has 9 heteroatoms. The Morgan fingerprint density at radius 3 is 2.63 bits per heavy atom. The highest BCUT2D eigenvalue weighted by molar-refractivity contribution is 7.91. The Morgan fingerprint density at radius 1 is 1.15 bits per heavy atom. The Balaban J connectivity index is 1.56. The van der Waals surface area contributed by atoms with E-state index in [9.17, 15) is 13.2 Å². The van der Waals surface area contributed by atoms with Gasteiger partial charge in [-0.2, -0.15) is 5.10 Å². The number of carbonyl (C=O) groups is 1. The zero-order valence-corrected chi connectivity index (χ0v) is 15.6. The molecule has 3 rings (SSSR count). The fourth-order valence-electron chi connectivity index (χ4n) is 2.48. The van der Waals surface area contributed by atoms with Gasteiger partial charge in [-0.25, -0.2) is 8.42 Å². The Kier molecular flexibility index (Phi) is 5.60. The Labute approximate surface area is 157 Å².